The molecule has 1 aromatic heterocycles. The lowest BCUT2D eigenvalue weighted by Gasteiger charge is -2.18. The molecule has 0 saturated carbocycles. The largest absolute Gasteiger partial charge is 0.402 e. The van der Waals surface area contributed by atoms with Crippen LogP contribution in [0.5, 0.6) is 0 Å². The lowest BCUT2D eigenvalue weighted by atomic mass is 10.0. The quantitative estimate of drug-likeness (QED) is 0.780. The zero-order valence-corrected chi connectivity index (χ0v) is 12.4. The monoisotopic (exact) mass is 288 g/mol. The summed E-state index contributed by atoms with van der Waals surface area (Å²) < 4.78 is 14.1. The van der Waals surface area contributed by atoms with E-state index in [2.05, 4.69) is 16.9 Å². The number of nitrogens with two attached hydrogens (primary N) is 1. The first-order chi connectivity index (χ1) is 10.1. The average Bonchev–Trinajstić information content (AvgIpc) is 3.17. The normalized spacial score (nSPS) is 16.8. The standard InChI is InChI=1S/C16H21FN4/c1-4-21(3)11(2)15-7-13(10-20-15)16(14(17)8-18)12-5-6-19-9-12/h5-8,10,19-20H,2,4,9,18H2,1,3H3/b14-8+,16-12-. The zero-order chi connectivity index (χ0) is 15.4. The summed E-state index contributed by atoms with van der Waals surface area (Å²) in [5, 5.41) is 3.05. The molecule has 1 aliphatic heterocycles. The molecule has 0 aliphatic carbocycles. The zero-order valence-electron chi connectivity index (χ0n) is 12.4. The van der Waals surface area contributed by atoms with E-state index in [0.29, 0.717) is 12.1 Å². The fraction of sp³-hybridized carbons (Fsp3) is 0.250. The highest BCUT2D eigenvalue weighted by atomic mass is 19.1. The molecule has 0 fully saturated rings. The Bertz CT molecular complexity index is 622. The third-order valence-electron chi connectivity index (χ3n) is 3.62. The number of halogens is 1. The second kappa shape index (κ2) is 6.35. The SMILES string of the molecule is C=C(c1cc(C(=C2\C=CNC2)/C(F)=C\N)c[nH]1)N(C)CC. The van der Waals surface area contributed by atoms with Crippen molar-refractivity contribution in [3.63, 3.8) is 0 Å². The van der Waals surface area contributed by atoms with Crippen LogP contribution < -0.4 is 11.1 Å². The molecule has 0 unspecified atom stereocenters. The molecule has 4 N–H and O–H groups in total. The lowest BCUT2D eigenvalue weighted by molar-refractivity contribution is 0.508. The maximum Gasteiger partial charge on any atom is 0.146 e. The summed E-state index contributed by atoms with van der Waals surface area (Å²) in [7, 11) is 1.96. The van der Waals surface area contributed by atoms with Gasteiger partial charge >= 0.3 is 0 Å². The van der Waals surface area contributed by atoms with E-state index in [1.807, 2.05) is 31.0 Å². The number of allylic oxidation sites excluding steroid dienone is 2. The number of rotatable bonds is 5. The van der Waals surface area contributed by atoms with Gasteiger partial charge in [0.05, 0.1) is 11.4 Å². The molecule has 0 spiro atoms. The van der Waals surface area contributed by atoms with Crippen molar-refractivity contribution in [2.24, 2.45) is 5.73 Å². The van der Waals surface area contributed by atoms with Gasteiger partial charge in [0.1, 0.15) is 5.83 Å². The van der Waals surface area contributed by atoms with Crippen LogP contribution in [-0.4, -0.2) is 30.0 Å². The summed E-state index contributed by atoms with van der Waals surface area (Å²) in [4.78, 5) is 5.17. The third-order valence-corrected chi connectivity index (χ3v) is 3.62. The number of aromatic amines is 1. The molecular weight excluding hydrogens is 267 g/mol. The van der Waals surface area contributed by atoms with Gasteiger partial charge in [-0.3, -0.25) is 0 Å². The second-order valence-electron chi connectivity index (χ2n) is 4.89. The number of aromatic nitrogens is 1. The van der Waals surface area contributed by atoms with Crippen LogP contribution in [0.2, 0.25) is 0 Å². The minimum Gasteiger partial charge on any atom is -0.402 e. The van der Waals surface area contributed by atoms with Crippen LogP contribution in [-0.2, 0) is 0 Å². The summed E-state index contributed by atoms with van der Waals surface area (Å²) in [6, 6.07) is 1.89. The van der Waals surface area contributed by atoms with Crippen LogP contribution >= 0.6 is 0 Å². The summed E-state index contributed by atoms with van der Waals surface area (Å²) in [6.45, 7) is 7.54. The van der Waals surface area contributed by atoms with Gasteiger partial charge in [-0.25, -0.2) is 4.39 Å². The highest BCUT2D eigenvalue weighted by molar-refractivity contribution is 5.83. The molecule has 2 heterocycles. The van der Waals surface area contributed by atoms with Gasteiger partial charge in [-0.15, -0.1) is 0 Å². The van der Waals surface area contributed by atoms with E-state index in [0.717, 1.165) is 35.3 Å². The molecule has 4 nitrogen and oxygen atoms in total. The van der Waals surface area contributed by atoms with Crippen molar-refractivity contribution in [2.45, 2.75) is 6.92 Å². The predicted octanol–water partition coefficient (Wildman–Crippen LogP) is 2.58. The van der Waals surface area contributed by atoms with Crippen molar-refractivity contribution in [3.05, 3.63) is 60.0 Å². The van der Waals surface area contributed by atoms with Crippen LogP contribution in [0, 0.1) is 0 Å². The fourth-order valence-electron chi connectivity index (χ4n) is 2.22. The molecule has 0 bridgehead atoms. The number of hydrogen-bond donors (Lipinski definition) is 3. The molecule has 21 heavy (non-hydrogen) atoms. The Labute approximate surface area is 124 Å². The molecule has 0 atom stereocenters. The van der Waals surface area contributed by atoms with E-state index < -0.39 is 5.83 Å². The Morgan fingerprint density at radius 1 is 1.57 bits per heavy atom. The Balaban J connectivity index is 2.40. The van der Waals surface area contributed by atoms with Crippen molar-refractivity contribution in [1.82, 2.24) is 15.2 Å². The summed E-state index contributed by atoms with van der Waals surface area (Å²) in [6.07, 6.45) is 6.43. The van der Waals surface area contributed by atoms with E-state index in [9.17, 15) is 4.39 Å². The van der Waals surface area contributed by atoms with Gasteiger partial charge in [-0.2, -0.15) is 0 Å². The average molecular weight is 288 g/mol. The molecule has 0 aromatic carbocycles. The lowest BCUT2D eigenvalue weighted by Crippen LogP contribution is -2.14. The Morgan fingerprint density at radius 2 is 2.33 bits per heavy atom. The van der Waals surface area contributed by atoms with Crippen molar-refractivity contribution in [3.8, 4) is 0 Å². The predicted molar refractivity (Wildman–Crippen MR) is 85.6 cm³/mol. The van der Waals surface area contributed by atoms with E-state index >= 15 is 0 Å². The third kappa shape index (κ3) is 3.02. The van der Waals surface area contributed by atoms with Crippen molar-refractivity contribution >= 4 is 11.3 Å². The van der Waals surface area contributed by atoms with Gasteiger partial charge in [0.2, 0.25) is 0 Å². The minimum atomic E-state index is -0.432. The molecular formula is C16H21FN4. The van der Waals surface area contributed by atoms with E-state index in [1.54, 1.807) is 12.4 Å². The van der Waals surface area contributed by atoms with Gasteiger partial charge < -0.3 is 20.9 Å². The summed E-state index contributed by atoms with van der Waals surface area (Å²) in [5.74, 6) is -0.432. The Morgan fingerprint density at radius 3 is 2.90 bits per heavy atom. The van der Waals surface area contributed by atoms with Gasteiger partial charge in [0.25, 0.3) is 0 Å². The van der Waals surface area contributed by atoms with Crippen molar-refractivity contribution < 1.29 is 4.39 Å². The maximum atomic E-state index is 14.1. The Hall–Kier alpha value is -2.43. The van der Waals surface area contributed by atoms with Crippen molar-refractivity contribution in [1.29, 1.82) is 0 Å². The number of nitrogens with one attached hydrogen (secondary N) is 2. The van der Waals surface area contributed by atoms with E-state index in [1.165, 1.54) is 0 Å². The number of hydrogen-bond acceptors (Lipinski definition) is 3. The molecule has 0 radical (unpaired) electrons. The summed E-state index contributed by atoms with van der Waals surface area (Å²) >= 11 is 0. The fourth-order valence-corrected chi connectivity index (χ4v) is 2.22. The first kappa shape index (κ1) is 15.0. The van der Waals surface area contributed by atoms with Crippen molar-refractivity contribution in [2.75, 3.05) is 20.1 Å². The highest BCUT2D eigenvalue weighted by Crippen LogP contribution is 2.30. The van der Waals surface area contributed by atoms with E-state index in [4.69, 9.17) is 5.73 Å². The van der Waals surface area contributed by atoms with E-state index in [-0.39, 0.29) is 0 Å². The molecule has 1 aromatic rings. The van der Waals surface area contributed by atoms with Gasteiger partial charge in [-0.1, -0.05) is 6.58 Å². The van der Waals surface area contributed by atoms with Crippen LogP contribution in [0.4, 0.5) is 4.39 Å². The van der Waals surface area contributed by atoms with Crippen LogP contribution in [0.25, 0.3) is 11.3 Å². The van der Waals surface area contributed by atoms with Crippen LogP contribution in [0.15, 0.2) is 48.7 Å². The minimum absolute atomic E-state index is 0.432. The molecule has 5 heteroatoms. The van der Waals surface area contributed by atoms with Gasteiger partial charge in [-0.05, 0) is 30.8 Å². The topological polar surface area (TPSA) is 57.1 Å². The first-order valence-electron chi connectivity index (χ1n) is 6.88. The molecule has 1 aliphatic rings. The molecule has 0 saturated heterocycles. The molecule has 0 amide bonds. The second-order valence-corrected chi connectivity index (χ2v) is 4.89. The number of H-pyrrole nitrogens is 1. The summed E-state index contributed by atoms with van der Waals surface area (Å²) in [5.41, 5.74) is 9.24. The van der Waals surface area contributed by atoms with Gasteiger partial charge in [0, 0.05) is 43.7 Å². The van der Waals surface area contributed by atoms with Gasteiger partial charge in [0.15, 0.2) is 0 Å². The molecule has 112 valence electrons. The maximum absolute atomic E-state index is 14.1. The smallest absolute Gasteiger partial charge is 0.146 e. The first-order valence-corrected chi connectivity index (χ1v) is 6.88. The molecule has 2 rings (SSSR count). The Kier molecular flexibility index (Phi) is 4.52. The highest BCUT2D eigenvalue weighted by Gasteiger charge is 2.17. The number of nitrogens with zero attached hydrogens (tertiary/aromatic N) is 1. The van der Waals surface area contributed by atoms with Crippen LogP contribution in [0.3, 0.4) is 0 Å². The van der Waals surface area contributed by atoms with Crippen LogP contribution in [0.1, 0.15) is 18.2 Å².